The summed E-state index contributed by atoms with van der Waals surface area (Å²) in [5, 5.41) is 6.69. The fourth-order valence-corrected chi connectivity index (χ4v) is 10.6. The standard InChI is InChI=1S/2C8H16.C7H15N.4C7H14O.C6H13NO.C6H12O2.9C2H6/c2*1-7(2)8-5-3-4-6-8;1-6(2)7-4-3-5-8-7;1-6(2)7-3-4-8-5-7;3*1-6(2)7-4-3-5-8-7;1-5(2)6-7-3-4-8-6;1-5(2)6-3-7-4-8-6;9*1-2/h2*7-8H,3-6H2,1-2H3;6-8H,3-5H2,1-2H3;4*6-7H,3-5H2,1-2H3;5-7H,3-4H2,1-2H3;5-6H,3-4H2,1-2H3;9*1-2H3. The van der Waals surface area contributed by atoms with Gasteiger partial charge in [-0.05, 0) is 135 Å². The highest BCUT2D eigenvalue weighted by atomic mass is 16.7. The van der Waals surface area contributed by atoms with E-state index in [0.29, 0.717) is 49.3 Å². The van der Waals surface area contributed by atoms with Crippen LogP contribution in [0.2, 0.25) is 0 Å². The number of nitrogens with one attached hydrogen (secondary N) is 2. The summed E-state index contributed by atoms with van der Waals surface area (Å²) < 4.78 is 37.0. The lowest BCUT2D eigenvalue weighted by Crippen LogP contribution is -2.27. The van der Waals surface area contributed by atoms with Gasteiger partial charge in [0.25, 0.3) is 0 Å². The summed E-state index contributed by atoms with van der Waals surface area (Å²) >= 11 is 0. The van der Waals surface area contributed by atoms with Gasteiger partial charge in [0.2, 0.25) is 0 Å². The van der Waals surface area contributed by atoms with Gasteiger partial charge in [-0.2, -0.15) is 0 Å². The maximum absolute atomic E-state index is 5.41. The topological polar surface area (TPSA) is 88.7 Å². The van der Waals surface area contributed by atoms with Crippen LogP contribution in [0, 0.1) is 71.0 Å². The number of hydrogen-bond acceptors (Lipinski definition) is 9. The molecule has 0 spiro atoms. The molecule has 9 heteroatoms. The highest BCUT2D eigenvalue weighted by molar-refractivity contribution is 4.77. The van der Waals surface area contributed by atoms with Crippen LogP contribution < -0.4 is 10.6 Å². The molecule has 90 heavy (non-hydrogen) atoms. The first-order chi connectivity index (χ1) is 43.2. The van der Waals surface area contributed by atoms with Crippen LogP contribution in [0.5, 0.6) is 0 Å². The molecule has 0 bridgehead atoms. The Labute approximate surface area is 573 Å². The largest absolute Gasteiger partial charge is 0.381 e. The average Bonchev–Trinajstić information content (AvgIpc) is 4.50. The Balaban J connectivity index is -0.000000113. The van der Waals surface area contributed by atoms with Crippen LogP contribution in [0.1, 0.15) is 358 Å². The highest BCUT2D eigenvalue weighted by Gasteiger charge is 2.23. The maximum Gasteiger partial charge on any atom is 0.147 e. The Morgan fingerprint density at radius 2 is 0.600 bits per heavy atom. The average molecular weight is 1300 g/mol. The minimum Gasteiger partial charge on any atom is -0.381 e. The monoisotopic (exact) mass is 1300 g/mol. The van der Waals surface area contributed by atoms with Crippen LogP contribution in [-0.4, -0.2) is 103 Å². The molecule has 7 atom stereocenters. The zero-order valence-corrected chi connectivity index (χ0v) is 69.3. The van der Waals surface area contributed by atoms with Crippen LogP contribution in [0.4, 0.5) is 0 Å². The van der Waals surface area contributed by atoms with Gasteiger partial charge < -0.3 is 38.5 Å². The van der Waals surface area contributed by atoms with Crippen molar-refractivity contribution in [2.75, 3.05) is 66.1 Å². The minimum atomic E-state index is 0.315. The molecule has 7 heterocycles. The smallest absolute Gasteiger partial charge is 0.147 e. The lowest BCUT2D eigenvalue weighted by molar-refractivity contribution is 0.0336. The lowest BCUT2D eigenvalue weighted by atomic mass is 9.95. The zero-order valence-electron chi connectivity index (χ0n) is 69.3. The van der Waals surface area contributed by atoms with E-state index in [-0.39, 0.29) is 0 Å². The van der Waals surface area contributed by atoms with Crippen molar-refractivity contribution in [1.82, 2.24) is 10.6 Å². The molecule has 9 nitrogen and oxygen atoms in total. The third-order valence-corrected chi connectivity index (χ3v) is 16.4. The van der Waals surface area contributed by atoms with E-state index in [1.165, 1.54) is 116 Å². The fourth-order valence-electron chi connectivity index (χ4n) is 10.6. The van der Waals surface area contributed by atoms with Crippen molar-refractivity contribution in [1.29, 1.82) is 0 Å². The molecule has 558 valence electrons. The number of ether oxygens (including phenoxy) is 7. The third kappa shape index (κ3) is 67.6. The first kappa shape index (κ1) is 108. The zero-order chi connectivity index (χ0) is 71.8. The number of hydrogen-bond donors (Lipinski definition) is 2. The van der Waals surface area contributed by atoms with Gasteiger partial charge in [-0.25, -0.2) is 0 Å². The summed E-state index contributed by atoms with van der Waals surface area (Å²) in [6.45, 7) is 85.7. The molecule has 2 N–H and O–H groups in total. The van der Waals surface area contributed by atoms with E-state index in [4.69, 9.17) is 33.2 Å². The van der Waals surface area contributed by atoms with E-state index < -0.39 is 0 Å². The predicted octanol–water partition coefficient (Wildman–Crippen LogP) is 25.0. The molecular weight excluding hydrogens is 1110 g/mol. The molecule has 0 aromatic rings. The molecule has 7 saturated heterocycles. The van der Waals surface area contributed by atoms with Gasteiger partial charge in [-0.15, -0.1) is 0 Å². The first-order valence-corrected chi connectivity index (χ1v) is 39.9. The molecule has 0 amide bonds. The van der Waals surface area contributed by atoms with Crippen LogP contribution in [-0.2, 0) is 33.2 Å². The molecule has 0 aromatic carbocycles. The van der Waals surface area contributed by atoms with Gasteiger partial charge >= 0.3 is 0 Å². The van der Waals surface area contributed by atoms with E-state index in [9.17, 15) is 0 Å². The van der Waals surface area contributed by atoms with Crippen molar-refractivity contribution in [3.05, 3.63) is 0 Å². The van der Waals surface area contributed by atoms with Crippen LogP contribution >= 0.6 is 0 Å². The maximum atomic E-state index is 5.41. The van der Waals surface area contributed by atoms with E-state index in [1.54, 1.807) is 0 Å². The molecule has 7 unspecified atom stereocenters. The van der Waals surface area contributed by atoms with Crippen molar-refractivity contribution in [2.24, 2.45) is 71.0 Å². The summed E-state index contributed by atoms with van der Waals surface area (Å²) in [6.07, 6.45) is 26.0. The normalized spacial score (nSPS) is 23.1. The molecule has 2 aliphatic carbocycles. The summed E-state index contributed by atoms with van der Waals surface area (Å²) in [5.41, 5.74) is 0. The molecular formula is C81H182N2O7. The molecule has 0 aromatic heterocycles. The van der Waals surface area contributed by atoms with Crippen LogP contribution in [0.3, 0.4) is 0 Å². The van der Waals surface area contributed by atoms with Crippen molar-refractivity contribution in [3.63, 3.8) is 0 Å². The molecule has 9 fully saturated rings. The van der Waals surface area contributed by atoms with Gasteiger partial charge in [0, 0.05) is 45.6 Å². The van der Waals surface area contributed by atoms with Crippen LogP contribution in [0.25, 0.3) is 0 Å². The van der Waals surface area contributed by atoms with E-state index >= 15 is 0 Å². The summed E-state index contributed by atoms with van der Waals surface area (Å²) in [7, 11) is 0. The highest BCUT2D eigenvalue weighted by Crippen LogP contribution is 2.31. The second-order valence-corrected chi connectivity index (χ2v) is 25.7. The SMILES string of the molecule is CC.CC.CC.CC.CC.CC.CC.CC.CC.CC(C)C1CCCC1.CC(C)C1CCCC1.CC(C)C1CCCN1.CC(C)C1CCCO1.CC(C)C1CCCO1.CC(C)C1CCCO1.CC(C)C1CCOC1.CC(C)C1COCO1.CC(C)C1NCCO1. The van der Waals surface area contributed by atoms with Crippen molar-refractivity contribution >= 4 is 0 Å². The Kier molecular flexibility index (Phi) is 102. The quantitative estimate of drug-likeness (QED) is 0.234. The second kappa shape index (κ2) is 84.7. The van der Waals surface area contributed by atoms with E-state index in [2.05, 4.69) is 135 Å². The summed E-state index contributed by atoms with van der Waals surface area (Å²) in [4.78, 5) is 0. The van der Waals surface area contributed by atoms with Gasteiger partial charge in [-0.3, -0.25) is 5.32 Å². The van der Waals surface area contributed by atoms with Crippen molar-refractivity contribution in [2.45, 2.75) is 395 Å². The molecule has 7 aliphatic heterocycles. The molecule has 0 radical (unpaired) electrons. The summed E-state index contributed by atoms with van der Waals surface area (Å²) in [6, 6.07) is 0.815. The predicted molar refractivity (Wildman–Crippen MR) is 410 cm³/mol. The lowest BCUT2D eigenvalue weighted by Gasteiger charge is -2.12. The fraction of sp³-hybridized carbons (Fsp3) is 1.00. The van der Waals surface area contributed by atoms with E-state index in [1.807, 2.05) is 125 Å². The molecule has 2 saturated carbocycles. The minimum absolute atomic E-state index is 0.315. The van der Waals surface area contributed by atoms with Gasteiger partial charge in [0.15, 0.2) is 0 Å². The van der Waals surface area contributed by atoms with Gasteiger partial charge in [-0.1, -0.05) is 301 Å². The van der Waals surface area contributed by atoms with Gasteiger partial charge in [0.05, 0.1) is 37.6 Å². The number of rotatable bonds is 9. The second-order valence-electron chi connectivity index (χ2n) is 25.7. The van der Waals surface area contributed by atoms with Crippen LogP contribution in [0.15, 0.2) is 0 Å². The Hall–Kier alpha value is -0.360. The Morgan fingerprint density at radius 3 is 0.733 bits per heavy atom. The summed E-state index contributed by atoms with van der Waals surface area (Å²) in [5.74, 6) is 9.87. The molecule has 9 aliphatic rings. The molecule has 9 rings (SSSR count). The Morgan fingerprint density at radius 1 is 0.244 bits per heavy atom. The van der Waals surface area contributed by atoms with E-state index in [0.717, 1.165) is 118 Å². The Bertz CT molecular complexity index is 860. The van der Waals surface area contributed by atoms with Crippen molar-refractivity contribution < 1.29 is 33.2 Å². The first-order valence-electron chi connectivity index (χ1n) is 39.9. The van der Waals surface area contributed by atoms with Gasteiger partial charge in [0.1, 0.15) is 13.0 Å². The third-order valence-electron chi connectivity index (χ3n) is 16.4. The van der Waals surface area contributed by atoms with Crippen molar-refractivity contribution in [3.8, 4) is 0 Å².